The molecule has 0 unspecified atom stereocenters. The lowest BCUT2D eigenvalue weighted by Gasteiger charge is -2.11. The Labute approximate surface area is 160 Å². The highest BCUT2D eigenvalue weighted by molar-refractivity contribution is 6.04. The number of fused-ring (bicyclic) bond motifs is 1. The number of carboxylic acids is 1. The Kier molecular flexibility index (Phi) is 4.75. The van der Waals surface area contributed by atoms with Crippen LogP contribution in [-0.2, 0) is 6.54 Å². The maximum absolute atomic E-state index is 11.4. The number of hydrogen-bond donors (Lipinski definition) is 3. The van der Waals surface area contributed by atoms with Crippen molar-refractivity contribution in [1.29, 1.82) is 0 Å². The molecule has 0 aliphatic heterocycles. The first kappa shape index (κ1) is 17.3. The van der Waals surface area contributed by atoms with E-state index in [1.807, 2.05) is 24.3 Å². The van der Waals surface area contributed by atoms with E-state index in [9.17, 15) is 9.90 Å². The van der Waals surface area contributed by atoms with E-state index < -0.39 is 5.97 Å². The normalized spacial score (nSPS) is 10.6. The summed E-state index contributed by atoms with van der Waals surface area (Å²) in [4.78, 5) is 28.1. The minimum absolute atomic E-state index is 0.150. The van der Waals surface area contributed by atoms with Gasteiger partial charge >= 0.3 is 5.97 Å². The Morgan fingerprint density at radius 2 is 1.79 bits per heavy atom. The standard InChI is InChI=1S/C20H16N6O2/c27-19(28)16-7-2-6-15-17(16)24-12-25-18(15)23-11-13-4-1-5-14(10-13)26-20-21-8-3-9-22-20/h1-10,12H,11H2,(H,27,28)(H,21,22,26)(H,23,24,25). The molecular weight excluding hydrogens is 356 g/mol. The molecule has 0 saturated heterocycles. The number of hydrogen-bond acceptors (Lipinski definition) is 7. The maximum atomic E-state index is 11.4. The van der Waals surface area contributed by atoms with E-state index in [1.54, 1.807) is 30.6 Å². The van der Waals surface area contributed by atoms with E-state index in [4.69, 9.17) is 0 Å². The van der Waals surface area contributed by atoms with Crippen LogP contribution in [0, 0.1) is 0 Å². The number of para-hydroxylation sites is 1. The summed E-state index contributed by atoms with van der Waals surface area (Å²) in [6.07, 6.45) is 4.71. The minimum atomic E-state index is -1.02. The lowest BCUT2D eigenvalue weighted by atomic mass is 10.1. The largest absolute Gasteiger partial charge is 0.478 e. The fourth-order valence-corrected chi connectivity index (χ4v) is 2.84. The molecule has 0 amide bonds. The van der Waals surface area contributed by atoms with Gasteiger partial charge in [0.2, 0.25) is 5.95 Å². The molecule has 0 fully saturated rings. The molecule has 2 aromatic heterocycles. The summed E-state index contributed by atoms with van der Waals surface area (Å²) in [6, 6.07) is 14.6. The van der Waals surface area contributed by atoms with Gasteiger partial charge in [-0.3, -0.25) is 0 Å². The van der Waals surface area contributed by atoms with E-state index >= 15 is 0 Å². The number of carboxylic acid groups (broad SMARTS) is 1. The van der Waals surface area contributed by atoms with Crippen molar-refractivity contribution in [3.8, 4) is 0 Å². The molecule has 8 heteroatoms. The molecule has 28 heavy (non-hydrogen) atoms. The second-order valence-electron chi connectivity index (χ2n) is 5.98. The SMILES string of the molecule is O=C(O)c1cccc2c(NCc3cccc(Nc4ncccn4)c3)ncnc12. The minimum Gasteiger partial charge on any atom is -0.478 e. The molecule has 0 aliphatic carbocycles. The Bertz CT molecular complexity index is 1130. The second-order valence-corrected chi connectivity index (χ2v) is 5.98. The van der Waals surface area contributed by atoms with Gasteiger partial charge in [0, 0.05) is 30.0 Å². The Morgan fingerprint density at radius 1 is 0.964 bits per heavy atom. The van der Waals surface area contributed by atoms with Crippen molar-refractivity contribution in [3.05, 3.63) is 78.4 Å². The van der Waals surface area contributed by atoms with Crippen molar-refractivity contribution in [2.75, 3.05) is 10.6 Å². The Balaban J connectivity index is 1.54. The zero-order valence-corrected chi connectivity index (χ0v) is 14.7. The summed E-state index contributed by atoms with van der Waals surface area (Å²) < 4.78 is 0. The van der Waals surface area contributed by atoms with Crippen LogP contribution >= 0.6 is 0 Å². The highest BCUT2D eigenvalue weighted by atomic mass is 16.4. The van der Waals surface area contributed by atoms with Crippen LogP contribution in [0.4, 0.5) is 17.5 Å². The molecule has 2 heterocycles. The van der Waals surface area contributed by atoms with Gasteiger partial charge in [0.1, 0.15) is 12.1 Å². The smallest absolute Gasteiger partial charge is 0.337 e. The lowest BCUT2D eigenvalue weighted by molar-refractivity contribution is 0.0699. The number of nitrogens with one attached hydrogen (secondary N) is 2. The van der Waals surface area contributed by atoms with Gasteiger partial charge in [0.15, 0.2) is 0 Å². The van der Waals surface area contributed by atoms with Crippen LogP contribution in [0.5, 0.6) is 0 Å². The first-order valence-electron chi connectivity index (χ1n) is 8.54. The molecule has 0 spiro atoms. The summed E-state index contributed by atoms with van der Waals surface area (Å²) in [7, 11) is 0. The first-order valence-corrected chi connectivity index (χ1v) is 8.54. The van der Waals surface area contributed by atoms with Crippen LogP contribution in [0.2, 0.25) is 0 Å². The summed E-state index contributed by atoms with van der Waals surface area (Å²) in [6.45, 7) is 0.509. The van der Waals surface area contributed by atoms with E-state index in [0.717, 1.165) is 11.3 Å². The van der Waals surface area contributed by atoms with E-state index in [1.165, 1.54) is 12.4 Å². The van der Waals surface area contributed by atoms with Gasteiger partial charge < -0.3 is 15.7 Å². The molecule has 0 saturated carbocycles. The average molecular weight is 372 g/mol. The summed E-state index contributed by atoms with van der Waals surface area (Å²) in [5, 5.41) is 16.4. The predicted octanol–water partition coefficient (Wildman–Crippen LogP) is 3.47. The van der Waals surface area contributed by atoms with Crippen LogP contribution in [0.25, 0.3) is 10.9 Å². The maximum Gasteiger partial charge on any atom is 0.337 e. The lowest BCUT2D eigenvalue weighted by Crippen LogP contribution is -2.05. The van der Waals surface area contributed by atoms with Gasteiger partial charge in [-0.1, -0.05) is 18.2 Å². The summed E-state index contributed by atoms with van der Waals surface area (Å²) in [5.41, 5.74) is 2.44. The van der Waals surface area contributed by atoms with Crippen LogP contribution in [0.15, 0.2) is 67.3 Å². The molecule has 138 valence electrons. The van der Waals surface area contributed by atoms with E-state index in [0.29, 0.717) is 29.2 Å². The third-order valence-corrected chi connectivity index (χ3v) is 4.10. The van der Waals surface area contributed by atoms with E-state index in [-0.39, 0.29) is 5.56 Å². The van der Waals surface area contributed by atoms with Crippen LogP contribution in [-0.4, -0.2) is 31.0 Å². The van der Waals surface area contributed by atoms with Crippen molar-refractivity contribution in [1.82, 2.24) is 19.9 Å². The molecule has 0 atom stereocenters. The van der Waals surface area contributed by atoms with Crippen molar-refractivity contribution < 1.29 is 9.90 Å². The molecule has 8 nitrogen and oxygen atoms in total. The number of anilines is 3. The van der Waals surface area contributed by atoms with Gasteiger partial charge in [-0.05, 0) is 35.9 Å². The van der Waals surface area contributed by atoms with Crippen molar-refractivity contribution in [2.45, 2.75) is 6.54 Å². The Morgan fingerprint density at radius 3 is 2.61 bits per heavy atom. The molecule has 4 aromatic rings. The molecular formula is C20H16N6O2. The number of carbonyl (C=O) groups is 1. The van der Waals surface area contributed by atoms with Crippen molar-refractivity contribution in [3.63, 3.8) is 0 Å². The van der Waals surface area contributed by atoms with Gasteiger partial charge in [0.05, 0.1) is 11.1 Å². The van der Waals surface area contributed by atoms with Crippen molar-refractivity contribution >= 4 is 34.3 Å². The van der Waals surface area contributed by atoms with Crippen LogP contribution in [0.1, 0.15) is 15.9 Å². The third kappa shape index (κ3) is 3.70. The summed E-state index contributed by atoms with van der Waals surface area (Å²) in [5.74, 6) is 0.0885. The quantitative estimate of drug-likeness (QED) is 0.471. The third-order valence-electron chi connectivity index (χ3n) is 4.10. The van der Waals surface area contributed by atoms with Gasteiger partial charge in [-0.25, -0.2) is 24.7 Å². The topological polar surface area (TPSA) is 113 Å². The Hall–Kier alpha value is -4.07. The van der Waals surface area contributed by atoms with E-state index in [2.05, 4.69) is 30.6 Å². The number of aromatic nitrogens is 4. The van der Waals surface area contributed by atoms with Gasteiger partial charge in [-0.15, -0.1) is 0 Å². The zero-order chi connectivity index (χ0) is 19.3. The first-order chi connectivity index (χ1) is 13.7. The molecule has 0 bridgehead atoms. The molecule has 2 aromatic carbocycles. The van der Waals surface area contributed by atoms with Crippen LogP contribution < -0.4 is 10.6 Å². The fraction of sp³-hybridized carbons (Fsp3) is 0.0500. The van der Waals surface area contributed by atoms with Gasteiger partial charge in [-0.2, -0.15) is 0 Å². The number of aromatic carboxylic acids is 1. The zero-order valence-electron chi connectivity index (χ0n) is 14.7. The number of rotatable bonds is 6. The highest BCUT2D eigenvalue weighted by Gasteiger charge is 2.12. The number of benzene rings is 2. The average Bonchev–Trinajstić information content (AvgIpc) is 2.72. The second kappa shape index (κ2) is 7.67. The predicted molar refractivity (Wildman–Crippen MR) is 106 cm³/mol. The molecule has 0 aliphatic rings. The van der Waals surface area contributed by atoms with Crippen molar-refractivity contribution in [2.24, 2.45) is 0 Å². The highest BCUT2D eigenvalue weighted by Crippen LogP contribution is 2.23. The summed E-state index contributed by atoms with van der Waals surface area (Å²) >= 11 is 0. The molecule has 4 rings (SSSR count). The molecule has 3 N–H and O–H groups in total. The van der Waals surface area contributed by atoms with Gasteiger partial charge in [0.25, 0.3) is 0 Å². The molecule has 0 radical (unpaired) electrons. The van der Waals surface area contributed by atoms with Crippen LogP contribution in [0.3, 0.4) is 0 Å². The monoisotopic (exact) mass is 372 g/mol. The fourth-order valence-electron chi connectivity index (χ4n) is 2.84. The number of nitrogens with zero attached hydrogens (tertiary/aromatic N) is 4.